The second-order valence-electron chi connectivity index (χ2n) is 10.8. The van der Waals surface area contributed by atoms with Gasteiger partial charge in [-0.25, -0.2) is 4.79 Å². The van der Waals surface area contributed by atoms with Crippen LogP contribution in [0.15, 0.2) is 0 Å². The highest BCUT2D eigenvalue weighted by Gasteiger charge is 2.49. The number of rotatable bonds is 10. The van der Waals surface area contributed by atoms with Crippen molar-refractivity contribution in [3.05, 3.63) is 0 Å². The Morgan fingerprint density at radius 2 is 1.72 bits per heavy atom. The molecule has 2 unspecified atom stereocenters. The number of alkyl carbamates (subject to hydrolysis) is 1. The van der Waals surface area contributed by atoms with E-state index in [9.17, 15) is 19.2 Å². The second-order valence-corrected chi connectivity index (χ2v) is 10.8. The van der Waals surface area contributed by atoms with Crippen molar-refractivity contribution in [2.45, 2.75) is 57.9 Å². The van der Waals surface area contributed by atoms with Crippen LogP contribution < -0.4 is 5.32 Å². The minimum atomic E-state index is -0.497. The first-order chi connectivity index (χ1) is 17.3. The first-order valence-corrected chi connectivity index (χ1v) is 13.1. The van der Waals surface area contributed by atoms with Gasteiger partial charge in [-0.05, 0) is 50.4 Å². The molecular weight excluding hydrogens is 461 g/mol. The molecule has 1 saturated heterocycles. The number of hydrogen-bond acceptors (Lipinski definition) is 7. The number of carbonyl (C=O) groups excluding carboxylic acids is 4. The number of ether oxygens (including phenoxy) is 2. The quantitative estimate of drug-likeness (QED) is 0.274. The van der Waals surface area contributed by atoms with Crippen molar-refractivity contribution in [3.8, 4) is 11.8 Å². The smallest absolute Gasteiger partial charge is 0.407 e. The molecular formula is C26H36BN3O6. The van der Waals surface area contributed by atoms with Gasteiger partial charge in [-0.3, -0.25) is 14.5 Å². The van der Waals surface area contributed by atoms with Crippen molar-refractivity contribution < 1.29 is 28.7 Å². The molecule has 9 nitrogen and oxygen atoms in total. The first kappa shape index (κ1) is 26.5. The number of nitrogens with zero attached hydrogens (tertiary/aromatic N) is 2. The van der Waals surface area contributed by atoms with E-state index >= 15 is 0 Å². The van der Waals surface area contributed by atoms with Gasteiger partial charge in [0.15, 0.2) is 7.85 Å². The number of nitrogens with one attached hydrogen (secondary N) is 1. The highest BCUT2D eigenvalue weighted by atomic mass is 16.5. The van der Waals surface area contributed by atoms with E-state index in [1.807, 2.05) is 11.8 Å². The molecule has 0 aromatic heterocycles. The second kappa shape index (κ2) is 11.7. The van der Waals surface area contributed by atoms with Gasteiger partial charge in [-0.1, -0.05) is 0 Å². The van der Waals surface area contributed by atoms with Crippen LogP contribution in [-0.4, -0.2) is 93.3 Å². The summed E-state index contributed by atoms with van der Waals surface area (Å²) in [7, 11) is 5.38. The van der Waals surface area contributed by atoms with Gasteiger partial charge in [0.2, 0.25) is 5.91 Å². The maximum Gasteiger partial charge on any atom is 0.407 e. The van der Waals surface area contributed by atoms with Crippen LogP contribution in [-0.2, 0) is 23.9 Å². The van der Waals surface area contributed by atoms with Gasteiger partial charge < -0.3 is 24.5 Å². The van der Waals surface area contributed by atoms with Crippen LogP contribution >= 0.6 is 0 Å². The summed E-state index contributed by atoms with van der Waals surface area (Å²) < 4.78 is 10.9. The zero-order chi connectivity index (χ0) is 25.7. The number of fused-ring (bicyclic) bond motifs is 1. The number of esters is 1. The van der Waals surface area contributed by atoms with Crippen LogP contribution in [0, 0.1) is 35.0 Å². The lowest BCUT2D eigenvalue weighted by atomic mass is 10.0. The number of piperazine rings is 1. The van der Waals surface area contributed by atoms with E-state index in [0.29, 0.717) is 44.0 Å². The van der Waals surface area contributed by atoms with E-state index < -0.39 is 17.2 Å². The van der Waals surface area contributed by atoms with E-state index in [4.69, 9.17) is 17.3 Å². The average Bonchev–Trinajstić information content (AvgIpc) is 3.73. The molecule has 4 atom stereocenters. The van der Waals surface area contributed by atoms with Crippen LogP contribution in [0.3, 0.4) is 0 Å². The average molecular weight is 497 g/mol. The monoisotopic (exact) mass is 497 g/mol. The largest absolute Gasteiger partial charge is 0.464 e. The topological polar surface area (TPSA) is 105 Å². The standard InChI is InChI=1S/C26H36BN3O6/c1-26(9-10-26)24(33)35-16-18-14-30(13-12-29(18)15-22(27)31)23(32)8-11-28-25(34)36-17-21-19-6-4-2-3-5-7-20(19)21/h18-21H,4-17H2,1H3,(H,28,34)/t18?,19-,20+,21?. The molecule has 0 aromatic carbocycles. The van der Waals surface area contributed by atoms with Gasteiger partial charge in [-0.2, -0.15) is 0 Å². The van der Waals surface area contributed by atoms with Crippen LogP contribution in [0.4, 0.5) is 4.79 Å². The van der Waals surface area contributed by atoms with Crippen LogP contribution in [0.25, 0.3) is 0 Å². The molecule has 0 bridgehead atoms. The van der Waals surface area contributed by atoms with E-state index in [1.54, 1.807) is 4.90 Å². The Balaban J connectivity index is 1.16. The highest BCUT2D eigenvalue weighted by molar-refractivity contribution is 6.58. The fourth-order valence-corrected chi connectivity index (χ4v) is 5.36. The molecule has 4 aliphatic rings. The molecule has 1 aliphatic heterocycles. The maximum atomic E-state index is 12.8. The van der Waals surface area contributed by atoms with Gasteiger partial charge >= 0.3 is 12.1 Å². The van der Waals surface area contributed by atoms with Crippen molar-refractivity contribution in [2.24, 2.45) is 23.2 Å². The third-order valence-electron chi connectivity index (χ3n) is 8.07. The van der Waals surface area contributed by atoms with Crippen molar-refractivity contribution in [2.75, 3.05) is 45.9 Å². The molecule has 1 heterocycles. The van der Waals surface area contributed by atoms with Gasteiger partial charge in [-0.15, -0.1) is 11.8 Å². The maximum absolute atomic E-state index is 12.8. The van der Waals surface area contributed by atoms with Crippen LogP contribution in [0.2, 0.25) is 0 Å². The minimum Gasteiger partial charge on any atom is -0.464 e. The van der Waals surface area contributed by atoms with Gasteiger partial charge in [0.25, 0.3) is 0 Å². The number of carbonyl (C=O) groups is 4. The van der Waals surface area contributed by atoms with Gasteiger partial charge in [0.1, 0.15) is 6.61 Å². The SMILES string of the molecule is [B]C(=O)CN1CCN(C(=O)CCNC(=O)OCC2[C@H]3CCC#CCC[C@@H]23)CC1COC(=O)C1(C)CC1. The number of amides is 2. The molecule has 4 rings (SSSR count). The fourth-order valence-electron chi connectivity index (χ4n) is 5.36. The van der Waals surface area contributed by atoms with Crippen molar-refractivity contribution in [1.29, 1.82) is 0 Å². The fraction of sp³-hybridized carbons (Fsp3) is 0.769. The predicted molar refractivity (Wildman–Crippen MR) is 132 cm³/mol. The Morgan fingerprint density at radius 3 is 2.36 bits per heavy atom. The number of hydrogen-bond donors (Lipinski definition) is 1. The normalized spacial score (nSPS) is 28.3. The first-order valence-electron chi connectivity index (χ1n) is 13.1. The Labute approximate surface area is 214 Å². The van der Waals surface area contributed by atoms with Crippen LogP contribution in [0.1, 0.15) is 51.9 Å². The van der Waals surface area contributed by atoms with E-state index in [2.05, 4.69) is 17.2 Å². The molecule has 3 fully saturated rings. The predicted octanol–water partition coefficient (Wildman–Crippen LogP) is 1.09. The lowest BCUT2D eigenvalue weighted by Gasteiger charge is -2.41. The molecule has 2 radical (unpaired) electrons. The molecule has 3 aliphatic carbocycles. The molecule has 2 saturated carbocycles. The Morgan fingerprint density at radius 1 is 1.03 bits per heavy atom. The third kappa shape index (κ3) is 7.03. The summed E-state index contributed by atoms with van der Waals surface area (Å²) in [6, 6.07) is -0.305. The summed E-state index contributed by atoms with van der Waals surface area (Å²) in [6.45, 7) is 3.84. The van der Waals surface area contributed by atoms with Crippen LogP contribution in [0.5, 0.6) is 0 Å². The summed E-state index contributed by atoms with van der Waals surface area (Å²) in [4.78, 5) is 52.2. The molecule has 1 N–H and O–H groups in total. The summed E-state index contributed by atoms with van der Waals surface area (Å²) in [5, 5.41) is 2.68. The molecule has 0 spiro atoms. The highest BCUT2D eigenvalue weighted by Crippen LogP contribution is 2.52. The molecule has 36 heavy (non-hydrogen) atoms. The zero-order valence-electron chi connectivity index (χ0n) is 21.1. The van der Waals surface area contributed by atoms with Gasteiger partial charge in [0.05, 0.1) is 23.7 Å². The van der Waals surface area contributed by atoms with E-state index in [1.165, 1.54) is 0 Å². The van der Waals surface area contributed by atoms with Crippen molar-refractivity contribution in [1.82, 2.24) is 15.1 Å². The molecule has 2 amide bonds. The van der Waals surface area contributed by atoms with Crippen molar-refractivity contribution >= 4 is 31.5 Å². The minimum absolute atomic E-state index is 0.0463. The van der Waals surface area contributed by atoms with E-state index in [-0.39, 0.29) is 44.0 Å². The van der Waals surface area contributed by atoms with Crippen molar-refractivity contribution in [3.63, 3.8) is 0 Å². The summed E-state index contributed by atoms with van der Waals surface area (Å²) in [6.07, 6.45) is 5.28. The summed E-state index contributed by atoms with van der Waals surface area (Å²) >= 11 is 0. The summed E-state index contributed by atoms with van der Waals surface area (Å²) in [5.41, 5.74) is -0.864. The van der Waals surface area contributed by atoms with E-state index in [0.717, 1.165) is 38.5 Å². The third-order valence-corrected chi connectivity index (χ3v) is 8.07. The Kier molecular flexibility index (Phi) is 8.60. The molecule has 194 valence electrons. The molecule has 10 heteroatoms. The lowest BCUT2D eigenvalue weighted by Crippen LogP contribution is -2.57. The Hall–Kier alpha value is -2.54. The summed E-state index contributed by atoms with van der Waals surface area (Å²) in [5.74, 6) is 7.65. The Bertz CT molecular complexity index is 908. The van der Waals surface area contributed by atoms with Gasteiger partial charge in [0, 0.05) is 52.0 Å². The zero-order valence-corrected chi connectivity index (χ0v) is 21.1. The lowest BCUT2D eigenvalue weighted by molar-refractivity contribution is -0.152. The molecule has 0 aromatic rings.